The fourth-order valence-electron chi connectivity index (χ4n) is 1.16. The van der Waals surface area contributed by atoms with Gasteiger partial charge in [-0.2, -0.15) is 0 Å². The van der Waals surface area contributed by atoms with Crippen molar-refractivity contribution in [2.24, 2.45) is 0 Å². The van der Waals surface area contributed by atoms with Crippen molar-refractivity contribution in [3.05, 3.63) is 60.2 Å². The summed E-state index contributed by atoms with van der Waals surface area (Å²) >= 11 is 0. The third-order valence-corrected chi connectivity index (χ3v) is 1.95. The fraction of sp³-hybridized carbons (Fsp3) is 0. The van der Waals surface area contributed by atoms with Crippen molar-refractivity contribution in [2.45, 2.75) is 0 Å². The molecule has 0 saturated carbocycles. The van der Waals surface area contributed by atoms with Gasteiger partial charge < -0.3 is 5.11 Å². The van der Waals surface area contributed by atoms with E-state index in [4.69, 9.17) is 5.11 Å². The summed E-state index contributed by atoms with van der Waals surface area (Å²) in [5.74, 6) is -0.857. The molecule has 0 fully saturated rings. The van der Waals surface area contributed by atoms with Crippen LogP contribution in [-0.4, -0.2) is 11.1 Å². The van der Waals surface area contributed by atoms with Gasteiger partial charge in [-0.05, 0) is 35.4 Å². The van der Waals surface area contributed by atoms with Gasteiger partial charge in [-0.25, -0.2) is 4.79 Å². The summed E-state index contributed by atoms with van der Waals surface area (Å²) in [6, 6.07) is 18.6. The fourth-order valence-corrected chi connectivity index (χ4v) is 1.16. The number of aromatic carboxylic acids is 1. The Kier molecular flexibility index (Phi) is 2.50. The van der Waals surface area contributed by atoms with E-state index in [9.17, 15) is 4.79 Å². The maximum atomic E-state index is 10.2. The van der Waals surface area contributed by atoms with Crippen molar-refractivity contribution in [2.75, 3.05) is 0 Å². The second-order valence-corrected chi connectivity index (χ2v) is 3.08. The molecule has 72 valence electrons. The van der Waals surface area contributed by atoms with E-state index in [1.807, 2.05) is 30.3 Å². The molecule has 0 atom stereocenters. The lowest BCUT2D eigenvalue weighted by Crippen LogP contribution is -1.91. The average Bonchev–Trinajstić information content (AvgIpc) is 2.89. The molecule has 2 aliphatic rings. The van der Waals surface area contributed by atoms with Crippen LogP contribution in [0, 0.1) is 12.1 Å². The molecule has 0 unspecified atom stereocenters. The van der Waals surface area contributed by atoms with Gasteiger partial charge in [0.15, 0.2) is 0 Å². The first-order valence-electron chi connectivity index (χ1n) is 4.49. The molecule has 0 heterocycles. The first-order valence-corrected chi connectivity index (χ1v) is 4.49. The molecule has 2 aliphatic carbocycles. The standard InChI is InChI=1S/C7H3O2.C6H5/c8-7(9)6-2-4-1-5(4)3-6;1-2-4-6-5-3-1/h2-3H,(H,8,9);1-5H. The molecular formula is C13H8O2. The van der Waals surface area contributed by atoms with Gasteiger partial charge in [0, 0.05) is 0 Å². The molecule has 2 heteroatoms. The van der Waals surface area contributed by atoms with E-state index in [1.54, 1.807) is 12.1 Å². The largest absolute Gasteiger partial charge is 0.478 e. The SMILES string of the molecule is O=C(O)c1cc2[c]c-2c1.[c]1ccccc1. The quantitative estimate of drug-likeness (QED) is 0.649. The third-order valence-electron chi connectivity index (χ3n) is 1.95. The number of carboxylic acid groups (broad SMARTS) is 1. The summed E-state index contributed by atoms with van der Waals surface area (Å²) in [6.07, 6.45) is 0. The number of carboxylic acids is 1. The Balaban J connectivity index is 0.000000124. The van der Waals surface area contributed by atoms with Crippen molar-refractivity contribution in [1.29, 1.82) is 0 Å². The lowest BCUT2D eigenvalue weighted by Gasteiger charge is -1.80. The summed E-state index contributed by atoms with van der Waals surface area (Å²) in [6.45, 7) is 0. The highest BCUT2D eigenvalue weighted by Crippen LogP contribution is 2.34. The van der Waals surface area contributed by atoms with Crippen LogP contribution in [0.25, 0.3) is 11.1 Å². The normalized spacial score (nSPS) is 9.87. The van der Waals surface area contributed by atoms with Crippen molar-refractivity contribution >= 4 is 5.97 Å². The molecule has 2 nitrogen and oxygen atoms in total. The Morgan fingerprint density at radius 3 is 1.93 bits per heavy atom. The number of fused-ring (bicyclic) bond motifs is 1. The van der Waals surface area contributed by atoms with Gasteiger partial charge in [0.2, 0.25) is 0 Å². The minimum Gasteiger partial charge on any atom is -0.478 e. The molecule has 1 aromatic rings. The van der Waals surface area contributed by atoms with E-state index in [0.29, 0.717) is 5.56 Å². The van der Waals surface area contributed by atoms with Crippen LogP contribution in [0.15, 0.2) is 42.5 Å². The Hall–Kier alpha value is -2.09. The van der Waals surface area contributed by atoms with Gasteiger partial charge in [0.1, 0.15) is 0 Å². The molecule has 0 aliphatic heterocycles. The highest BCUT2D eigenvalue weighted by molar-refractivity contribution is 5.96. The highest BCUT2D eigenvalue weighted by atomic mass is 16.4. The van der Waals surface area contributed by atoms with Crippen molar-refractivity contribution in [1.82, 2.24) is 0 Å². The highest BCUT2D eigenvalue weighted by Gasteiger charge is 2.17. The predicted octanol–water partition coefficient (Wildman–Crippen LogP) is 2.65. The summed E-state index contributed by atoms with van der Waals surface area (Å²) in [7, 11) is 0. The summed E-state index contributed by atoms with van der Waals surface area (Å²) in [5, 5.41) is 8.40. The zero-order chi connectivity index (χ0) is 10.7. The van der Waals surface area contributed by atoms with Crippen LogP contribution in [-0.2, 0) is 0 Å². The maximum absolute atomic E-state index is 10.2. The molecule has 3 rings (SSSR count). The minimum atomic E-state index is -0.857. The maximum Gasteiger partial charge on any atom is 0.335 e. The zero-order valence-corrected chi connectivity index (χ0v) is 7.90. The Morgan fingerprint density at radius 2 is 1.67 bits per heavy atom. The van der Waals surface area contributed by atoms with Gasteiger partial charge in [-0.15, -0.1) is 0 Å². The van der Waals surface area contributed by atoms with Crippen LogP contribution < -0.4 is 0 Å². The Labute approximate surface area is 87.8 Å². The molecular weight excluding hydrogens is 188 g/mol. The number of hydrogen-bond acceptors (Lipinski definition) is 1. The van der Waals surface area contributed by atoms with Crippen LogP contribution in [0.2, 0.25) is 0 Å². The van der Waals surface area contributed by atoms with E-state index in [1.165, 1.54) is 0 Å². The summed E-state index contributed by atoms with van der Waals surface area (Å²) in [4.78, 5) is 10.2. The van der Waals surface area contributed by atoms with E-state index in [2.05, 4.69) is 12.1 Å². The Bertz CT molecular complexity index is 428. The predicted molar refractivity (Wildman–Crippen MR) is 56.5 cm³/mol. The number of hydrogen-bond donors (Lipinski definition) is 1. The molecule has 2 radical (unpaired) electrons. The smallest absolute Gasteiger partial charge is 0.335 e. The summed E-state index contributed by atoms with van der Waals surface area (Å²) in [5.41, 5.74) is 2.28. The monoisotopic (exact) mass is 196 g/mol. The van der Waals surface area contributed by atoms with Gasteiger partial charge in [0.05, 0.1) is 5.56 Å². The second kappa shape index (κ2) is 3.96. The van der Waals surface area contributed by atoms with Crippen LogP contribution >= 0.6 is 0 Å². The Morgan fingerprint density at radius 1 is 1.07 bits per heavy atom. The molecule has 0 aromatic heterocycles. The van der Waals surface area contributed by atoms with Gasteiger partial charge in [-0.1, -0.05) is 30.3 Å². The van der Waals surface area contributed by atoms with Gasteiger partial charge in [-0.3, -0.25) is 0 Å². The van der Waals surface area contributed by atoms with Crippen molar-refractivity contribution in [3.8, 4) is 11.1 Å². The van der Waals surface area contributed by atoms with E-state index >= 15 is 0 Å². The van der Waals surface area contributed by atoms with Crippen LogP contribution in [0.4, 0.5) is 0 Å². The molecule has 1 aromatic carbocycles. The van der Waals surface area contributed by atoms with Gasteiger partial charge >= 0.3 is 5.97 Å². The van der Waals surface area contributed by atoms with Crippen LogP contribution in [0.3, 0.4) is 0 Å². The van der Waals surface area contributed by atoms with Gasteiger partial charge in [0.25, 0.3) is 0 Å². The molecule has 0 amide bonds. The molecule has 0 spiro atoms. The van der Waals surface area contributed by atoms with E-state index < -0.39 is 5.97 Å². The zero-order valence-electron chi connectivity index (χ0n) is 7.90. The first-order chi connectivity index (χ1) is 7.27. The van der Waals surface area contributed by atoms with E-state index in [-0.39, 0.29) is 0 Å². The topological polar surface area (TPSA) is 37.3 Å². The van der Waals surface area contributed by atoms with Crippen LogP contribution in [0.1, 0.15) is 10.4 Å². The lowest BCUT2D eigenvalue weighted by molar-refractivity contribution is 0.0697. The average molecular weight is 196 g/mol. The van der Waals surface area contributed by atoms with Crippen LogP contribution in [0.5, 0.6) is 0 Å². The van der Waals surface area contributed by atoms with E-state index in [0.717, 1.165) is 11.1 Å². The molecule has 1 N–H and O–H groups in total. The number of benzene rings is 2. The second-order valence-electron chi connectivity index (χ2n) is 3.08. The first kappa shape index (κ1) is 9.46. The molecule has 0 saturated heterocycles. The van der Waals surface area contributed by atoms with Crippen molar-refractivity contribution < 1.29 is 9.90 Å². The lowest BCUT2D eigenvalue weighted by atomic mass is 10.3. The minimum absolute atomic E-state index is 0.374. The molecule has 0 bridgehead atoms. The molecule has 15 heavy (non-hydrogen) atoms. The number of carbonyl (C=O) groups is 1. The summed E-state index contributed by atoms with van der Waals surface area (Å²) < 4.78 is 0. The third kappa shape index (κ3) is 2.44. The van der Waals surface area contributed by atoms with Crippen molar-refractivity contribution in [3.63, 3.8) is 0 Å². The number of rotatable bonds is 1.